The van der Waals surface area contributed by atoms with Gasteiger partial charge in [0, 0.05) is 12.2 Å². The molecule has 1 fully saturated rings. The van der Waals surface area contributed by atoms with Crippen LogP contribution in [0, 0.1) is 11.8 Å². The maximum atomic E-state index is 9.35. The minimum absolute atomic E-state index is 0.364. The Hall–Kier alpha value is -0.130. The molecule has 0 radical (unpaired) electrons. The van der Waals surface area contributed by atoms with Crippen molar-refractivity contribution < 1.29 is 5.11 Å². The summed E-state index contributed by atoms with van der Waals surface area (Å²) < 4.78 is 0. The summed E-state index contributed by atoms with van der Waals surface area (Å²) in [6.45, 7) is 2.18. The lowest BCUT2D eigenvalue weighted by atomic mass is 10.2. The SMILES string of the molecule is CCCCCC#C[C@@H](O)[C@@H]1CS1. The predicted molar refractivity (Wildman–Crippen MR) is 54.2 cm³/mol. The Morgan fingerprint density at radius 3 is 2.92 bits per heavy atom. The first-order chi connectivity index (χ1) is 5.84. The zero-order valence-corrected chi connectivity index (χ0v) is 8.36. The second kappa shape index (κ2) is 5.50. The van der Waals surface area contributed by atoms with Gasteiger partial charge in [-0.05, 0) is 6.42 Å². The molecule has 1 heterocycles. The maximum Gasteiger partial charge on any atom is 0.127 e. The monoisotopic (exact) mass is 184 g/mol. The fourth-order valence-corrected chi connectivity index (χ4v) is 1.51. The minimum atomic E-state index is -0.364. The van der Waals surface area contributed by atoms with Gasteiger partial charge in [-0.15, -0.1) is 5.92 Å². The van der Waals surface area contributed by atoms with Gasteiger partial charge in [0.15, 0.2) is 0 Å². The summed E-state index contributed by atoms with van der Waals surface area (Å²) in [6.07, 6.45) is 4.25. The second-order valence-electron chi connectivity index (χ2n) is 3.09. The summed E-state index contributed by atoms with van der Waals surface area (Å²) in [5, 5.41) is 9.77. The van der Waals surface area contributed by atoms with E-state index in [4.69, 9.17) is 0 Å². The lowest BCUT2D eigenvalue weighted by molar-refractivity contribution is 0.242. The van der Waals surface area contributed by atoms with E-state index in [0.29, 0.717) is 5.25 Å². The van der Waals surface area contributed by atoms with Crippen molar-refractivity contribution in [3.05, 3.63) is 0 Å². The molecule has 68 valence electrons. The summed E-state index contributed by atoms with van der Waals surface area (Å²) in [7, 11) is 0. The van der Waals surface area contributed by atoms with Crippen LogP contribution in [0.5, 0.6) is 0 Å². The van der Waals surface area contributed by atoms with Crippen LogP contribution in [0.1, 0.15) is 32.6 Å². The highest BCUT2D eigenvalue weighted by molar-refractivity contribution is 8.07. The maximum absolute atomic E-state index is 9.35. The third kappa shape index (κ3) is 4.04. The van der Waals surface area contributed by atoms with Gasteiger partial charge in [-0.2, -0.15) is 11.8 Å². The van der Waals surface area contributed by atoms with Crippen molar-refractivity contribution in [2.24, 2.45) is 0 Å². The molecule has 0 aromatic rings. The highest BCUT2D eigenvalue weighted by Crippen LogP contribution is 2.32. The molecule has 0 amide bonds. The molecule has 1 N–H and O–H groups in total. The van der Waals surface area contributed by atoms with Crippen molar-refractivity contribution in [1.29, 1.82) is 0 Å². The number of rotatable bonds is 4. The highest BCUT2D eigenvalue weighted by Gasteiger charge is 2.29. The van der Waals surface area contributed by atoms with E-state index in [1.165, 1.54) is 19.3 Å². The molecule has 2 atom stereocenters. The van der Waals surface area contributed by atoms with Crippen LogP contribution in [0.2, 0.25) is 0 Å². The summed E-state index contributed by atoms with van der Waals surface area (Å²) in [5.74, 6) is 7.00. The molecule has 0 bridgehead atoms. The normalized spacial score (nSPS) is 22.7. The lowest BCUT2D eigenvalue weighted by Gasteiger charge is -1.95. The Balaban J connectivity index is 2.02. The van der Waals surface area contributed by atoms with Crippen molar-refractivity contribution in [2.45, 2.75) is 44.0 Å². The van der Waals surface area contributed by atoms with Crippen LogP contribution < -0.4 is 0 Å². The van der Waals surface area contributed by atoms with Gasteiger partial charge >= 0.3 is 0 Å². The van der Waals surface area contributed by atoms with Crippen molar-refractivity contribution in [2.75, 3.05) is 5.75 Å². The molecule has 0 spiro atoms. The second-order valence-corrected chi connectivity index (χ2v) is 4.37. The topological polar surface area (TPSA) is 20.2 Å². The van der Waals surface area contributed by atoms with Gasteiger partial charge in [-0.1, -0.05) is 25.7 Å². The quantitative estimate of drug-likeness (QED) is 0.410. The molecule has 0 aromatic heterocycles. The third-order valence-corrected chi connectivity index (χ3v) is 2.84. The molecule has 1 rings (SSSR count). The first kappa shape index (κ1) is 9.95. The number of aliphatic hydroxyl groups is 1. The van der Waals surface area contributed by atoms with Crippen LogP contribution in [0.3, 0.4) is 0 Å². The molecule has 12 heavy (non-hydrogen) atoms. The first-order valence-electron chi connectivity index (χ1n) is 4.62. The van der Waals surface area contributed by atoms with E-state index in [-0.39, 0.29) is 6.10 Å². The molecule has 1 nitrogen and oxygen atoms in total. The molecule has 1 aliphatic rings. The van der Waals surface area contributed by atoms with Gasteiger partial charge in [-0.25, -0.2) is 0 Å². The molecule has 2 heteroatoms. The van der Waals surface area contributed by atoms with Gasteiger partial charge in [0.25, 0.3) is 0 Å². The number of hydrogen-bond acceptors (Lipinski definition) is 2. The molecular formula is C10H16OS. The zero-order chi connectivity index (χ0) is 8.81. The zero-order valence-electron chi connectivity index (χ0n) is 7.55. The molecule has 0 unspecified atom stereocenters. The third-order valence-electron chi connectivity index (χ3n) is 1.87. The first-order valence-corrected chi connectivity index (χ1v) is 5.67. The van der Waals surface area contributed by atoms with Gasteiger partial charge in [0.2, 0.25) is 0 Å². The van der Waals surface area contributed by atoms with Crippen molar-refractivity contribution >= 4 is 11.8 Å². The van der Waals surface area contributed by atoms with E-state index >= 15 is 0 Å². The van der Waals surface area contributed by atoms with E-state index in [9.17, 15) is 5.11 Å². The Kier molecular flexibility index (Phi) is 4.57. The summed E-state index contributed by atoms with van der Waals surface area (Å²) in [5.41, 5.74) is 0. The van der Waals surface area contributed by atoms with E-state index in [1.54, 1.807) is 11.8 Å². The number of thioether (sulfide) groups is 1. The largest absolute Gasteiger partial charge is 0.379 e. The van der Waals surface area contributed by atoms with Crippen LogP contribution >= 0.6 is 11.8 Å². The van der Waals surface area contributed by atoms with E-state index in [1.807, 2.05) is 0 Å². The standard InChI is InChI=1S/C10H16OS/c1-2-3-4-5-6-7-9(11)10-8-12-10/h9-11H,2-5,8H2,1H3/t9-,10+/m1/s1. The van der Waals surface area contributed by atoms with Crippen LogP contribution in [0.25, 0.3) is 0 Å². The van der Waals surface area contributed by atoms with E-state index < -0.39 is 0 Å². The minimum Gasteiger partial charge on any atom is -0.379 e. The van der Waals surface area contributed by atoms with Gasteiger partial charge in [0.1, 0.15) is 6.10 Å². The fraction of sp³-hybridized carbons (Fsp3) is 0.800. The van der Waals surface area contributed by atoms with Crippen molar-refractivity contribution in [3.63, 3.8) is 0 Å². The molecular weight excluding hydrogens is 168 g/mol. The summed E-state index contributed by atoms with van der Waals surface area (Å²) in [4.78, 5) is 0. The number of hydrogen-bond donors (Lipinski definition) is 1. The van der Waals surface area contributed by atoms with Gasteiger partial charge in [-0.3, -0.25) is 0 Å². The Labute approximate surface area is 78.9 Å². The van der Waals surface area contributed by atoms with Crippen molar-refractivity contribution in [1.82, 2.24) is 0 Å². The molecule has 0 aromatic carbocycles. The van der Waals surface area contributed by atoms with Crippen molar-refractivity contribution in [3.8, 4) is 11.8 Å². The fourth-order valence-electron chi connectivity index (χ4n) is 0.971. The molecule has 0 aliphatic carbocycles. The van der Waals surface area contributed by atoms with Crippen LogP contribution in [0.4, 0.5) is 0 Å². The molecule has 1 saturated heterocycles. The van der Waals surface area contributed by atoms with E-state index in [0.717, 1.165) is 12.2 Å². The average Bonchev–Trinajstić information content (AvgIpc) is 2.86. The Morgan fingerprint density at radius 2 is 2.33 bits per heavy atom. The highest BCUT2D eigenvalue weighted by atomic mass is 32.2. The Morgan fingerprint density at radius 1 is 1.58 bits per heavy atom. The average molecular weight is 184 g/mol. The summed E-state index contributed by atoms with van der Waals surface area (Å²) in [6, 6.07) is 0. The van der Waals surface area contributed by atoms with Gasteiger partial charge in [0.05, 0.1) is 5.25 Å². The summed E-state index contributed by atoms with van der Waals surface area (Å²) >= 11 is 1.79. The van der Waals surface area contributed by atoms with Crippen LogP contribution in [-0.4, -0.2) is 22.2 Å². The predicted octanol–water partition coefficient (Wildman–Crippen LogP) is 2.05. The molecule has 1 aliphatic heterocycles. The molecule has 0 saturated carbocycles. The Bertz CT molecular complexity index is 176. The smallest absolute Gasteiger partial charge is 0.127 e. The van der Waals surface area contributed by atoms with Crippen LogP contribution in [0.15, 0.2) is 0 Å². The van der Waals surface area contributed by atoms with Crippen LogP contribution in [-0.2, 0) is 0 Å². The number of aliphatic hydroxyl groups excluding tert-OH is 1. The number of unbranched alkanes of at least 4 members (excludes halogenated alkanes) is 3. The lowest BCUT2D eigenvalue weighted by Crippen LogP contribution is -2.09. The van der Waals surface area contributed by atoms with Gasteiger partial charge < -0.3 is 5.11 Å². The van der Waals surface area contributed by atoms with E-state index in [2.05, 4.69) is 18.8 Å².